The van der Waals surface area contributed by atoms with Gasteiger partial charge in [-0.15, -0.1) is 0 Å². The molecule has 132 valence electrons. The molecule has 0 aliphatic rings. The number of esters is 2. The number of ether oxygens (including phenoxy) is 2. The van der Waals surface area contributed by atoms with Crippen LogP contribution in [-0.4, -0.2) is 17.0 Å². The predicted octanol–water partition coefficient (Wildman–Crippen LogP) is 3.02. The Labute approximate surface area is 147 Å². The van der Waals surface area contributed by atoms with E-state index >= 15 is 0 Å². The third-order valence-electron chi connectivity index (χ3n) is 3.51. The summed E-state index contributed by atoms with van der Waals surface area (Å²) in [7, 11) is 0. The average molecular weight is 354 g/mol. The lowest BCUT2D eigenvalue weighted by Crippen LogP contribution is -2.10. The Morgan fingerprint density at radius 1 is 1.00 bits per heavy atom. The lowest BCUT2D eigenvalue weighted by atomic mass is 10.0. The van der Waals surface area contributed by atoms with E-state index in [2.05, 4.69) is 0 Å². The quantitative estimate of drug-likeness (QED) is 0.569. The monoisotopic (exact) mass is 354 g/mol. The molecule has 0 bridgehead atoms. The predicted molar refractivity (Wildman–Crippen MR) is 92.2 cm³/mol. The Bertz CT molecular complexity index is 1060. The van der Waals surface area contributed by atoms with Crippen molar-refractivity contribution in [1.82, 2.24) is 0 Å². The van der Waals surface area contributed by atoms with Crippen LogP contribution in [0.4, 0.5) is 0 Å². The molecule has 26 heavy (non-hydrogen) atoms. The molecule has 0 fully saturated rings. The Morgan fingerprint density at radius 2 is 1.65 bits per heavy atom. The van der Waals surface area contributed by atoms with E-state index in [1.165, 1.54) is 44.4 Å². The molecule has 0 aliphatic carbocycles. The Morgan fingerprint density at radius 3 is 2.27 bits per heavy atom. The van der Waals surface area contributed by atoms with E-state index in [9.17, 15) is 19.5 Å². The van der Waals surface area contributed by atoms with Gasteiger partial charge in [-0.25, -0.2) is 0 Å². The van der Waals surface area contributed by atoms with Crippen molar-refractivity contribution in [2.24, 2.45) is 0 Å². The number of aromatic hydroxyl groups is 1. The highest BCUT2D eigenvalue weighted by Gasteiger charge is 2.17. The van der Waals surface area contributed by atoms with Crippen molar-refractivity contribution in [3.05, 3.63) is 52.9 Å². The molecule has 0 unspecified atom stereocenters. The lowest BCUT2D eigenvalue weighted by Gasteiger charge is -2.10. The first-order chi connectivity index (χ1) is 12.3. The summed E-state index contributed by atoms with van der Waals surface area (Å²) in [6.45, 7) is 2.41. The summed E-state index contributed by atoms with van der Waals surface area (Å²) in [6.07, 6.45) is 1.26. The van der Waals surface area contributed by atoms with Gasteiger partial charge in [0.15, 0.2) is 0 Å². The van der Waals surface area contributed by atoms with E-state index < -0.39 is 17.4 Å². The smallest absolute Gasteiger partial charge is 0.308 e. The maximum Gasteiger partial charge on any atom is 0.308 e. The van der Waals surface area contributed by atoms with E-state index in [0.29, 0.717) is 5.56 Å². The van der Waals surface area contributed by atoms with Crippen LogP contribution in [0.15, 0.2) is 51.9 Å². The Kier molecular flexibility index (Phi) is 4.45. The highest BCUT2D eigenvalue weighted by Crippen LogP contribution is 2.31. The molecule has 0 saturated heterocycles. The van der Waals surface area contributed by atoms with Crippen LogP contribution in [0, 0.1) is 0 Å². The molecular weight excluding hydrogens is 340 g/mol. The summed E-state index contributed by atoms with van der Waals surface area (Å²) in [5.41, 5.74) is 0.428. The molecule has 2 aromatic carbocycles. The molecule has 7 nitrogen and oxygen atoms in total. The number of rotatable bonds is 3. The molecule has 1 aromatic heterocycles. The largest absolute Gasteiger partial charge is 0.508 e. The highest BCUT2D eigenvalue weighted by molar-refractivity contribution is 5.90. The van der Waals surface area contributed by atoms with Gasteiger partial charge in [0.05, 0.1) is 5.56 Å². The van der Waals surface area contributed by atoms with Gasteiger partial charge in [-0.3, -0.25) is 14.4 Å². The van der Waals surface area contributed by atoms with Crippen LogP contribution in [0.3, 0.4) is 0 Å². The number of fused-ring (bicyclic) bond motifs is 1. The first-order valence-electron chi connectivity index (χ1n) is 7.61. The molecule has 0 aliphatic heterocycles. The van der Waals surface area contributed by atoms with Crippen LogP contribution in [0.5, 0.6) is 17.2 Å². The normalized spacial score (nSPS) is 10.5. The van der Waals surface area contributed by atoms with Gasteiger partial charge in [0.1, 0.15) is 34.5 Å². The second-order valence-corrected chi connectivity index (χ2v) is 5.51. The first-order valence-corrected chi connectivity index (χ1v) is 7.61. The van der Waals surface area contributed by atoms with Crippen LogP contribution in [0.2, 0.25) is 0 Å². The maximum atomic E-state index is 12.9. The lowest BCUT2D eigenvalue weighted by molar-refractivity contribution is -0.132. The van der Waals surface area contributed by atoms with E-state index in [4.69, 9.17) is 13.9 Å². The summed E-state index contributed by atoms with van der Waals surface area (Å²) in [4.78, 5) is 35.5. The van der Waals surface area contributed by atoms with Gasteiger partial charge < -0.3 is 19.0 Å². The van der Waals surface area contributed by atoms with Gasteiger partial charge in [0, 0.05) is 26.0 Å². The molecule has 0 saturated carbocycles. The molecule has 7 heteroatoms. The van der Waals surface area contributed by atoms with E-state index in [1.54, 1.807) is 12.1 Å². The van der Waals surface area contributed by atoms with E-state index in [1.807, 2.05) is 0 Å². The number of hydrogen-bond donors (Lipinski definition) is 1. The molecule has 0 spiro atoms. The summed E-state index contributed by atoms with van der Waals surface area (Å²) < 4.78 is 15.6. The van der Waals surface area contributed by atoms with Crippen LogP contribution in [-0.2, 0) is 9.59 Å². The molecular formula is C19H14O7. The summed E-state index contributed by atoms with van der Waals surface area (Å²) >= 11 is 0. The number of phenolic OH excluding ortho intramolecular Hbond substituents is 1. The fourth-order valence-electron chi connectivity index (χ4n) is 2.49. The van der Waals surface area contributed by atoms with Crippen molar-refractivity contribution in [1.29, 1.82) is 0 Å². The van der Waals surface area contributed by atoms with Crippen LogP contribution in [0.1, 0.15) is 13.8 Å². The minimum atomic E-state index is -0.638. The van der Waals surface area contributed by atoms with Crippen LogP contribution < -0.4 is 14.9 Å². The number of phenols is 1. The SMILES string of the molecule is CC(=O)Oc1cc(OC(C)=O)c2c(=O)c(-c3ccc(O)cc3)coc2c1. The van der Waals surface area contributed by atoms with Crippen LogP contribution in [0.25, 0.3) is 22.1 Å². The standard InChI is InChI=1S/C19H14O7/c1-10(20)25-14-7-16-18(17(8-14)26-11(2)21)19(23)15(9-24-16)12-3-5-13(22)6-4-12/h3-9,22H,1-2H3. The third kappa shape index (κ3) is 3.41. The molecule has 3 aromatic rings. The van der Waals surface area contributed by atoms with Gasteiger partial charge >= 0.3 is 11.9 Å². The number of hydrogen-bond acceptors (Lipinski definition) is 7. The fraction of sp³-hybridized carbons (Fsp3) is 0.105. The second-order valence-electron chi connectivity index (χ2n) is 5.51. The van der Waals surface area contributed by atoms with Crippen molar-refractivity contribution >= 4 is 22.9 Å². The average Bonchev–Trinajstić information content (AvgIpc) is 2.55. The zero-order chi connectivity index (χ0) is 18.8. The van der Waals surface area contributed by atoms with Gasteiger partial charge in [0.2, 0.25) is 5.43 Å². The van der Waals surface area contributed by atoms with Crippen molar-refractivity contribution < 1.29 is 28.6 Å². The minimum absolute atomic E-state index is 0.0432. The highest BCUT2D eigenvalue weighted by atomic mass is 16.5. The summed E-state index contributed by atoms with van der Waals surface area (Å²) in [6, 6.07) is 8.65. The summed E-state index contributed by atoms with van der Waals surface area (Å²) in [5, 5.41) is 9.43. The zero-order valence-corrected chi connectivity index (χ0v) is 13.9. The number of carbonyl (C=O) groups excluding carboxylic acids is 2. The summed E-state index contributed by atoms with van der Waals surface area (Å²) in [5.74, 6) is -1.13. The second kappa shape index (κ2) is 6.72. The molecule has 1 heterocycles. The topological polar surface area (TPSA) is 103 Å². The fourth-order valence-corrected chi connectivity index (χ4v) is 2.49. The Balaban J connectivity index is 2.25. The van der Waals surface area contributed by atoms with Crippen molar-refractivity contribution in [2.75, 3.05) is 0 Å². The zero-order valence-electron chi connectivity index (χ0n) is 13.9. The molecule has 3 rings (SSSR count). The maximum absolute atomic E-state index is 12.9. The Hall–Kier alpha value is -3.61. The van der Waals surface area contributed by atoms with Crippen molar-refractivity contribution in [3.63, 3.8) is 0 Å². The molecule has 0 amide bonds. The van der Waals surface area contributed by atoms with E-state index in [-0.39, 0.29) is 33.8 Å². The minimum Gasteiger partial charge on any atom is -0.508 e. The molecule has 0 radical (unpaired) electrons. The third-order valence-corrected chi connectivity index (χ3v) is 3.51. The van der Waals surface area contributed by atoms with E-state index in [0.717, 1.165) is 0 Å². The molecule has 0 atom stereocenters. The van der Waals surface area contributed by atoms with Gasteiger partial charge in [-0.1, -0.05) is 12.1 Å². The van der Waals surface area contributed by atoms with Crippen molar-refractivity contribution in [3.8, 4) is 28.4 Å². The van der Waals surface area contributed by atoms with Crippen LogP contribution >= 0.6 is 0 Å². The van der Waals surface area contributed by atoms with Crippen molar-refractivity contribution in [2.45, 2.75) is 13.8 Å². The first kappa shape index (κ1) is 17.2. The molecule has 1 N–H and O–H groups in total. The number of benzene rings is 2. The van der Waals surface area contributed by atoms with Gasteiger partial charge in [0.25, 0.3) is 0 Å². The number of carbonyl (C=O) groups is 2. The van der Waals surface area contributed by atoms with Gasteiger partial charge in [-0.2, -0.15) is 0 Å². The van der Waals surface area contributed by atoms with Gasteiger partial charge in [-0.05, 0) is 17.7 Å².